The Morgan fingerprint density at radius 2 is 1.59 bits per heavy atom. The maximum atomic E-state index is 14.3. The monoisotopic (exact) mass is 598 g/mol. The largest absolute Gasteiger partial charge is 0.426 e. The van der Waals surface area contributed by atoms with Gasteiger partial charge in [0.1, 0.15) is 6.17 Å². The molecule has 0 saturated heterocycles. The molecular formula is C31H45F7O3. The zero-order valence-corrected chi connectivity index (χ0v) is 24.4. The average molecular weight is 599 g/mol. The number of rotatable bonds is 8. The third-order valence-electron chi connectivity index (χ3n) is 10.2. The molecule has 3 aliphatic carbocycles. The van der Waals surface area contributed by atoms with Crippen LogP contribution >= 0.6 is 0 Å². The van der Waals surface area contributed by atoms with Crippen LogP contribution in [0.2, 0.25) is 0 Å². The molecule has 10 heteroatoms. The van der Waals surface area contributed by atoms with Crippen molar-refractivity contribution in [3.05, 3.63) is 35.5 Å². The van der Waals surface area contributed by atoms with Crippen molar-refractivity contribution in [2.24, 2.45) is 22.7 Å². The Balaban J connectivity index is 1.99. The van der Waals surface area contributed by atoms with Crippen molar-refractivity contribution < 1.29 is 46.1 Å². The molecule has 41 heavy (non-hydrogen) atoms. The van der Waals surface area contributed by atoms with Gasteiger partial charge in [0.25, 0.3) is 5.60 Å². The van der Waals surface area contributed by atoms with Gasteiger partial charge in [-0.05, 0) is 105 Å². The normalized spacial score (nSPS) is 33.8. The Hall–Kier alpha value is -1.39. The van der Waals surface area contributed by atoms with Crippen LogP contribution in [0.15, 0.2) is 35.5 Å². The van der Waals surface area contributed by atoms with Gasteiger partial charge >= 0.3 is 12.4 Å². The first kappa shape index (κ1) is 34.1. The van der Waals surface area contributed by atoms with E-state index in [9.17, 15) is 46.1 Å². The van der Waals surface area contributed by atoms with Gasteiger partial charge in [0, 0.05) is 6.42 Å². The molecule has 0 aromatic rings. The molecular weight excluding hydrogens is 553 g/mol. The molecule has 0 radical (unpaired) electrons. The fraction of sp³-hybridized carbons (Fsp3) is 0.806. The minimum absolute atomic E-state index is 0.0105. The maximum Gasteiger partial charge on any atom is 0.426 e. The summed E-state index contributed by atoms with van der Waals surface area (Å²) in [7, 11) is 0. The van der Waals surface area contributed by atoms with Crippen LogP contribution in [0.25, 0.3) is 0 Å². The lowest BCUT2D eigenvalue weighted by molar-refractivity contribution is -0.378. The van der Waals surface area contributed by atoms with Crippen molar-refractivity contribution in [2.45, 2.75) is 134 Å². The van der Waals surface area contributed by atoms with Crippen LogP contribution in [0.1, 0.15) is 98.3 Å². The van der Waals surface area contributed by atoms with Gasteiger partial charge in [-0.3, -0.25) is 0 Å². The molecule has 3 fully saturated rings. The lowest BCUT2D eigenvalue weighted by Crippen LogP contribution is -2.60. The third kappa shape index (κ3) is 7.06. The molecule has 3 N–H and O–H groups in total. The SMILES string of the molecule is C=C1/C(=C\C=C2/CCC[C@@]3(C)C2CC[C@@H]3[C@@](C)(CCCC(C)(C)O)CC(O)(C(F)(F)F)C(F)(F)F)CC(O)C[C@@H]1F. The van der Waals surface area contributed by atoms with Crippen molar-refractivity contribution in [1.29, 1.82) is 0 Å². The van der Waals surface area contributed by atoms with E-state index in [2.05, 4.69) is 6.58 Å². The second-order valence-electron chi connectivity index (χ2n) is 13.9. The Bertz CT molecular complexity index is 1010. The summed E-state index contributed by atoms with van der Waals surface area (Å²) in [5.74, 6) is -0.643. The van der Waals surface area contributed by atoms with Crippen LogP contribution in [-0.4, -0.2) is 51.1 Å². The Labute approximate surface area is 238 Å². The zero-order chi connectivity index (χ0) is 31.2. The fourth-order valence-electron chi connectivity index (χ4n) is 8.07. The molecule has 236 valence electrons. The predicted octanol–water partition coefficient (Wildman–Crippen LogP) is 8.30. The Morgan fingerprint density at radius 1 is 0.976 bits per heavy atom. The van der Waals surface area contributed by atoms with Crippen LogP contribution < -0.4 is 0 Å². The van der Waals surface area contributed by atoms with Gasteiger partial charge in [-0.15, -0.1) is 0 Å². The average Bonchev–Trinajstić information content (AvgIpc) is 3.16. The minimum atomic E-state index is -5.91. The first-order chi connectivity index (χ1) is 18.5. The van der Waals surface area contributed by atoms with E-state index in [4.69, 9.17) is 0 Å². The highest BCUT2D eigenvalue weighted by Gasteiger charge is 2.72. The van der Waals surface area contributed by atoms with E-state index in [-0.39, 0.29) is 38.0 Å². The van der Waals surface area contributed by atoms with E-state index >= 15 is 0 Å². The Morgan fingerprint density at radius 3 is 2.15 bits per heavy atom. The van der Waals surface area contributed by atoms with Gasteiger partial charge in [0.2, 0.25) is 0 Å². The van der Waals surface area contributed by atoms with Gasteiger partial charge in [-0.1, -0.05) is 44.6 Å². The first-order valence-electron chi connectivity index (χ1n) is 14.5. The van der Waals surface area contributed by atoms with Gasteiger partial charge in [0.15, 0.2) is 0 Å². The van der Waals surface area contributed by atoms with Crippen LogP contribution in [0, 0.1) is 22.7 Å². The number of aliphatic hydroxyl groups excluding tert-OH is 1. The van der Waals surface area contributed by atoms with Crippen LogP contribution in [-0.2, 0) is 0 Å². The summed E-state index contributed by atoms with van der Waals surface area (Å²) in [5, 5.41) is 30.5. The highest BCUT2D eigenvalue weighted by atomic mass is 19.4. The van der Waals surface area contributed by atoms with E-state index in [0.29, 0.717) is 43.3 Å². The molecule has 0 spiro atoms. The second kappa shape index (κ2) is 11.6. The first-order valence-corrected chi connectivity index (χ1v) is 14.5. The zero-order valence-electron chi connectivity index (χ0n) is 24.4. The number of halogens is 7. The molecule has 0 aliphatic heterocycles. The van der Waals surface area contributed by atoms with Crippen molar-refractivity contribution in [1.82, 2.24) is 0 Å². The number of fused-ring (bicyclic) bond motifs is 1. The van der Waals surface area contributed by atoms with Gasteiger partial charge in [0.05, 0.1) is 11.7 Å². The van der Waals surface area contributed by atoms with Crippen molar-refractivity contribution in [2.75, 3.05) is 0 Å². The summed E-state index contributed by atoms with van der Waals surface area (Å²) < 4.78 is 97.7. The second-order valence-corrected chi connectivity index (χ2v) is 13.9. The molecule has 0 aromatic carbocycles. The summed E-state index contributed by atoms with van der Waals surface area (Å²) in [4.78, 5) is 0. The highest BCUT2D eigenvalue weighted by molar-refractivity contribution is 5.39. The number of allylic oxidation sites excluding steroid dienone is 4. The summed E-state index contributed by atoms with van der Waals surface area (Å²) in [6.45, 7) is 10.3. The van der Waals surface area contributed by atoms with Gasteiger partial charge < -0.3 is 15.3 Å². The lowest BCUT2D eigenvalue weighted by atomic mass is 9.54. The maximum absolute atomic E-state index is 14.3. The topological polar surface area (TPSA) is 60.7 Å². The molecule has 0 amide bonds. The number of alkyl halides is 7. The number of aliphatic hydroxyl groups is 3. The predicted molar refractivity (Wildman–Crippen MR) is 144 cm³/mol. The molecule has 3 saturated carbocycles. The van der Waals surface area contributed by atoms with Crippen LogP contribution in [0.3, 0.4) is 0 Å². The molecule has 3 rings (SSSR count). The van der Waals surface area contributed by atoms with Crippen LogP contribution in [0.4, 0.5) is 30.7 Å². The van der Waals surface area contributed by atoms with E-state index in [1.54, 1.807) is 6.08 Å². The van der Waals surface area contributed by atoms with E-state index in [0.717, 1.165) is 5.57 Å². The summed E-state index contributed by atoms with van der Waals surface area (Å²) in [6.07, 6.45) is -8.26. The lowest BCUT2D eigenvalue weighted by Gasteiger charge is -2.51. The molecule has 3 aliphatic rings. The van der Waals surface area contributed by atoms with Crippen molar-refractivity contribution in [3.8, 4) is 0 Å². The molecule has 0 heterocycles. The summed E-state index contributed by atoms with van der Waals surface area (Å²) >= 11 is 0. The van der Waals surface area contributed by atoms with E-state index in [1.807, 2.05) is 13.0 Å². The molecule has 3 nitrogen and oxygen atoms in total. The summed E-state index contributed by atoms with van der Waals surface area (Å²) in [5.41, 5.74) is -6.22. The van der Waals surface area contributed by atoms with E-state index < -0.39 is 59.0 Å². The molecule has 0 aromatic heterocycles. The standard InChI is InChI=1S/C31H45F7O3/c1-19-21(16-22(39)17-24(19)32)10-9-20-8-6-15-28(5)23(20)11-12-25(28)27(4,14-7-13-26(2,3)40)18-29(41,30(33,34)35)31(36,37)38/h9-10,22-25,39-41H,1,6-8,11-18H2,2-5H3/b20-9+,21-10-/t22?,23?,24-,25+,27-,28-/m0/s1. The quantitative estimate of drug-likeness (QED) is 0.246. The number of hydrogen-bond donors (Lipinski definition) is 3. The van der Waals surface area contributed by atoms with E-state index in [1.165, 1.54) is 20.8 Å². The van der Waals surface area contributed by atoms with Crippen molar-refractivity contribution in [3.63, 3.8) is 0 Å². The van der Waals surface area contributed by atoms with Gasteiger partial charge in [-0.2, -0.15) is 26.3 Å². The van der Waals surface area contributed by atoms with Crippen molar-refractivity contribution >= 4 is 0 Å². The smallest absolute Gasteiger partial charge is 0.393 e. The molecule has 2 unspecified atom stereocenters. The highest BCUT2D eigenvalue weighted by Crippen LogP contribution is 2.65. The summed E-state index contributed by atoms with van der Waals surface area (Å²) in [6, 6.07) is 0. The fourth-order valence-corrected chi connectivity index (χ4v) is 8.07. The number of hydrogen-bond acceptors (Lipinski definition) is 3. The minimum Gasteiger partial charge on any atom is -0.393 e. The molecule has 0 bridgehead atoms. The third-order valence-corrected chi connectivity index (χ3v) is 10.2. The molecule has 6 atom stereocenters. The Kier molecular flexibility index (Phi) is 9.65. The van der Waals surface area contributed by atoms with Crippen LogP contribution in [0.5, 0.6) is 0 Å². The van der Waals surface area contributed by atoms with Gasteiger partial charge in [-0.25, -0.2) is 4.39 Å².